The lowest BCUT2D eigenvalue weighted by Gasteiger charge is -2.08. The van der Waals surface area contributed by atoms with Crippen LogP contribution < -0.4 is 10.6 Å². The SMILES string of the molecule is COC(=O)c1cccc(Nc2cnnc(Nc3ccc(C#N)cc3)n2)c1. The summed E-state index contributed by atoms with van der Waals surface area (Å²) in [4.78, 5) is 15.9. The number of esters is 1. The monoisotopic (exact) mass is 346 g/mol. The van der Waals surface area contributed by atoms with Crippen molar-refractivity contribution in [3.05, 3.63) is 65.9 Å². The highest BCUT2D eigenvalue weighted by Gasteiger charge is 2.07. The van der Waals surface area contributed by atoms with Gasteiger partial charge in [-0.05, 0) is 42.5 Å². The van der Waals surface area contributed by atoms with Crippen molar-refractivity contribution in [3.63, 3.8) is 0 Å². The maximum atomic E-state index is 11.6. The number of ether oxygens (including phenoxy) is 1. The molecular formula is C18H14N6O2. The van der Waals surface area contributed by atoms with Crippen LogP contribution in [0.25, 0.3) is 0 Å². The zero-order valence-corrected chi connectivity index (χ0v) is 13.8. The molecule has 3 aromatic rings. The highest BCUT2D eigenvalue weighted by Crippen LogP contribution is 2.18. The van der Waals surface area contributed by atoms with Gasteiger partial charge in [0.1, 0.15) is 0 Å². The number of benzene rings is 2. The second kappa shape index (κ2) is 7.72. The van der Waals surface area contributed by atoms with Crippen LogP contribution in [-0.2, 0) is 4.74 Å². The number of anilines is 4. The van der Waals surface area contributed by atoms with E-state index in [-0.39, 0.29) is 0 Å². The molecule has 2 N–H and O–H groups in total. The fourth-order valence-electron chi connectivity index (χ4n) is 2.16. The van der Waals surface area contributed by atoms with Gasteiger partial charge >= 0.3 is 5.97 Å². The Hall–Kier alpha value is -3.99. The van der Waals surface area contributed by atoms with E-state index in [1.165, 1.54) is 13.3 Å². The lowest BCUT2D eigenvalue weighted by molar-refractivity contribution is 0.0601. The zero-order chi connectivity index (χ0) is 18.4. The Morgan fingerprint density at radius 1 is 1.12 bits per heavy atom. The standard InChI is InChI=1S/C18H14N6O2/c1-26-17(25)13-3-2-4-15(9-13)21-16-11-20-24-18(23-16)22-14-7-5-12(10-19)6-8-14/h2-9,11H,1H3,(H2,21,22,23,24). The highest BCUT2D eigenvalue weighted by atomic mass is 16.5. The summed E-state index contributed by atoms with van der Waals surface area (Å²) in [6.45, 7) is 0. The Kier molecular flexibility index (Phi) is 5.00. The molecule has 0 atom stereocenters. The topological polar surface area (TPSA) is 113 Å². The second-order valence-corrected chi connectivity index (χ2v) is 5.18. The van der Waals surface area contributed by atoms with Gasteiger partial charge in [-0.2, -0.15) is 15.3 Å². The molecule has 0 fully saturated rings. The predicted octanol–water partition coefficient (Wildman–Crippen LogP) is 3.02. The van der Waals surface area contributed by atoms with E-state index in [0.717, 1.165) is 5.69 Å². The largest absolute Gasteiger partial charge is 0.465 e. The van der Waals surface area contributed by atoms with E-state index in [4.69, 9.17) is 10.00 Å². The van der Waals surface area contributed by atoms with Crippen molar-refractivity contribution in [3.8, 4) is 6.07 Å². The first kappa shape index (κ1) is 16.9. The third-order valence-corrected chi connectivity index (χ3v) is 3.39. The molecule has 0 aliphatic rings. The van der Waals surface area contributed by atoms with Gasteiger partial charge in [-0.15, -0.1) is 5.10 Å². The third-order valence-electron chi connectivity index (χ3n) is 3.39. The van der Waals surface area contributed by atoms with Crippen LogP contribution in [0, 0.1) is 11.3 Å². The molecule has 0 unspecified atom stereocenters. The van der Waals surface area contributed by atoms with Gasteiger partial charge in [-0.3, -0.25) is 0 Å². The van der Waals surface area contributed by atoms with Gasteiger partial charge in [0.25, 0.3) is 0 Å². The summed E-state index contributed by atoms with van der Waals surface area (Å²) in [5.74, 6) is 0.333. The van der Waals surface area contributed by atoms with Crippen molar-refractivity contribution < 1.29 is 9.53 Å². The number of carbonyl (C=O) groups is 1. The van der Waals surface area contributed by atoms with E-state index in [0.29, 0.717) is 28.6 Å². The molecule has 8 heteroatoms. The smallest absolute Gasteiger partial charge is 0.337 e. The minimum absolute atomic E-state index is 0.295. The van der Waals surface area contributed by atoms with Crippen LogP contribution in [-0.4, -0.2) is 28.3 Å². The Balaban J connectivity index is 1.75. The molecule has 1 heterocycles. The minimum Gasteiger partial charge on any atom is -0.465 e. The summed E-state index contributed by atoms with van der Waals surface area (Å²) < 4.78 is 4.71. The number of nitrogens with one attached hydrogen (secondary N) is 2. The van der Waals surface area contributed by atoms with Crippen LogP contribution in [0.15, 0.2) is 54.7 Å². The molecule has 0 spiro atoms. The van der Waals surface area contributed by atoms with Crippen LogP contribution >= 0.6 is 0 Å². The Morgan fingerprint density at radius 2 is 1.92 bits per heavy atom. The zero-order valence-electron chi connectivity index (χ0n) is 13.8. The third kappa shape index (κ3) is 4.10. The lowest BCUT2D eigenvalue weighted by atomic mass is 10.2. The molecule has 3 rings (SSSR count). The molecule has 0 saturated carbocycles. The Morgan fingerprint density at radius 3 is 2.65 bits per heavy atom. The number of nitriles is 1. The van der Waals surface area contributed by atoms with Gasteiger partial charge in [0.2, 0.25) is 5.95 Å². The van der Waals surface area contributed by atoms with Crippen LogP contribution in [0.1, 0.15) is 15.9 Å². The summed E-state index contributed by atoms with van der Waals surface area (Å²) in [6.07, 6.45) is 1.47. The van der Waals surface area contributed by atoms with E-state index in [2.05, 4.69) is 31.9 Å². The quantitative estimate of drug-likeness (QED) is 0.678. The van der Waals surface area contributed by atoms with Crippen molar-refractivity contribution in [1.29, 1.82) is 5.26 Å². The first-order valence-corrected chi connectivity index (χ1v) is 7.60. The predicted molar refractivity (Wildman–Crippen MR) is 95.3 cm³/mol. The van der Waals surface area contributed by atoms with Gasteiger partial charge < -0.3 is 15.4 Å². The van der Waals surface area contributed by atoms with Gasteiger partial charge in [-0.1, -0.05) is 6.07 Å². The van der Waals surface area contributed by atoms with Gasteiger partial charge in [0.05, 0.1) is 30.5 Å². The van der Waals surface area contributed by atoms with Crippen LogP contribution in [0.3, 0.4) is 0 Å². The van der Waals surface area contributed by atoms with Crippen molar-refractivity contribution in [2.24, 2.45) is 0 Å². The number of hydrogen-bond donors (Lipinski definition) is 2. The molecule has 0 amide bonds. The average molecular weight is 346 g/mol. The molecule has 1 aromatic heterocycles. The highest BCUT2D eigenvalue weighted by molar-refractivity contribution is 5.90. The summed E-state index contributed by atoms with van der Waals surface area (Å²) >= 11 is 0. The maximum Gasteiger partial charge on any atom is 0.337 e. The molecular weight excluding hydrogens is 332 g/mol. The number of carbonyl (C=O) groups excluding carboxylic acids is 1. The fraction of sp³-hybridized carbons (Fsp3) is 0.0556. The van der Waals surface area contributed by atoms with Crippen LogP contribution in [0.5, 0.6) is 0 Å². The molecule has 0 aliphatic carbocycles. The van der Waals surface area contributed by atoms with Gasteiger partial charge in [0.15, 0.2) is 5.82 Å². The molecule has 0 saturated heterocycles. The van der Waals surface area contributed by atoms with Crippen molar-refractivity contribution in [2.45, 2.75) is 0 Å². The first-order valence-electron chi connectivity index (χ1n) is 7.60. The fourth-order valence-corrected chi connectivity index (χ4v) is 2.16. The summed E-state index contributed by atoms with van der Waals surface area (Å²) in [5.41, 5.74) is 2.39. The van der Waals surface area contributed by atoms with Gasteiger partial charge in [-0.25, -0.2) is 4.79 Å². The van der Waals surface area contributed by atoms with E-state index in [1.807, 2.05) is 0 Å². The molecule has 128 valence electrons. The summed E-state index contributed by atoms with van der Waals surface area (Å²) in [7, 11) is 1.33. The van der Waals surface area contributed by atoms with E-state index < -0.39 is 5.97 Å². The van der Waals surface area contributed by atoms with E-state index in [1.54, 1.807) is 48.5 Å². The Labute approximate surface area is 149 Å². The average Bonchev–Trinajstić information content (AvgIpc) is 2.68. The van der Waals surface area contributed by atoms with Gasteiger partial charge in [0, 0.05) is 11.4 Å². The molecule has 0 aliphatic heterocycles. The first-order chi connectivity index (χ1) is 12.7. The van der Waals surface area contributed by atoms with Crippen LogP contribution in [0.2, 0.25) is 0 Å². The number of methoxy groups -OCH3 is 1. The molecule has 26 heavy (non-hydrogen) atoms. The van der Waals surface area contributed by atoms with Crippen molar-refractivity contribution in [1.82, 2.24) is 15.2 Å². The normalized spacial score (nSPS) is 9.85. The van der Waals surface area contributed by atoms with Crippen molar-refractivity contribution >= 4 is 29.1 Å². The minimum atomic E-state index is -0.419. The summed E-state index contributed by atoms with van der Waals surface area (Å²) in [5, 5.41) is 22.7. The van der Waals surface area contributed by atoms with E-state index >= 15 is 0 Å². The van der Waals surface area contributed by atoms with Crippen LogP contribution in [0.4, 0.5) is 23.1 Å². The van der Waals surface area contributed by atoms with E-state index in [9.17, 15) is 4.79 Å². The molecule has 2 aromatic carbocycles. The van der Waals surface area contributed by atoms with Crippen molar-refractivity contribution in [2.75, 3.05) is 17.7 Å². The number of rotatable bonds is 5. The maximum absolute atomic E-state index is 11.6. The molecule has 0 radical (unpaired) electrons. The molecule has 0 bridgehead atoms. The lowest BCUT2D eigenvalue weighted by Crippen LogP contribution is -2.04. The number of aromatic nitrogens is 3. The number of nitrogens with zero attached hydrogens (tertiary/aromatic N) is 4. The Bertz CT molecular complexity index is 966. The molecule has 8 nitrogen and oxygen atoms in total. The second-order valence-electron chi connectivity index (χ2n) is 5.18. The summed E-state index contributed by atoms with van der Waals surface area (Å²) in [6, 6.07) is 15.8. The number of hydrogen-bond acceptors (Lipinski definition) is 8.